The predicted molar refractivity (Wildman–Crippen MR) is 78.0 cm³/mol. The molecule has 0 aliphatic rings. The lowest BCUT2D eigenvalue weighted by molar-refractivity contribution is -0.612. The molecule has 3 rings (SSSR count). The van der Waals surface area contributed by atoms with Gasteiger partial charge in [0.05, 0.1) is 10.9 Å². The maximum atomic E-state index is 12.1. The lowest BCUT2D eigenvalue weighted by Crippen LogP contribution is -2.31. The Bertz CT molecular complexity index is 743. The van der Waals surface area contributed by atoms with Gasteiger partial charge in [-0.15, -0.1) is 0 Å². The van der Waals surface area contributed by atoms with Crippen LogP contribution in [0.1, 0.15) is 25.5 Å². The molecule has 0 aliphatic heterocycles. The van der Waals surface area contributed by atoms with Crippen LogP contribution in [0.2, 0.25) is 0 Å². The minimum atomic E-state index is 0.845. The fraction of sp³-hybridized carbons (Fsp3) is 0.312. The van der Waals surface area contributed by atoms with Gasteiger partial charge in [0.2, 0.25) is 0 Å². The number of pyridine rings is 1. The van der Waals surface area contributed by atoms with Crippen LogP contribution in [-0.2, 0) is 13.5 Å². The van der Waals surface area contributed by atoms with Gasteiger partial charge in [-0.3, -0.25) is 0 Å². The molecule has 0 spiro atoms. The lowest BCUT2D eigenvalue weighted by Gasteiger charge is -2.05. The quantitative estimate of drug-likeness (QED) is 0.521. The zero-order valence-electron chi connectivity index (χ0n) is 11.4. The number of hydrogen-bond acceptors (Lipinski definition) is 1. The summed E-state index contributed by atoms with van der Waals surface area (Å²) in [6.07, 6.45) is 4.73. The Morgan fingerprint density at radius 3 is 2.74 bits per heavy atom. The van der Waals surface area contributed by atoms with Crippen molar-refractivity contribution in [1.82, 2.24) is 4.57 Å². The smallest absolute Gasteiger partial charge is 0.194 e. The fourth-order valence-electron chi connectivity index (χ4n) is 2.71. The molecule has 0 fully saturated rings. The summed E-state index contributed by atoms with van der Waals surface area (Å²) in [6.45, 7) is 2.14. The molecule has 0 saturated carbocycles. The van der Waals surface area contributed by atoms with Gasteiger partial charge in [0.15, 0.2) is 11.9 Å². The highest BCUT2D eigenvalue weighted by atomic mass is 16.5. The Morgan fingerprint density at radius 2 is 1.95 bits per heavy atom. The molecular weight excluding hydrogens is 236 g/mol. The van der Waals surface area contributed by atoms with Crippen LogP contribution in [0.4, 0.5) is 0 Å². The summed E-state index contributed by atoms with van der Waals surface area (Å²) in [7, 11) is 2.06. The fourth-order valence-corrected chi connectivity index (χ4v) is 2.71. The Morgan fingerprint density at radius 1 is 1.16 bits per heavy atom. The third-order valence-electron chi connectivity index (χ3n) is 3.81. The number of fused-ring (bicyclic) bond motifs is 3. The molecule has 0 saturated heterocycles. The van der Waals surface area contributed by atoms with Crippen LogP contribution in [0, 0.1) is 5.21 Å². The summed E-state index contributed by atoms with van der Waals surface area (Å²) >= 11 is 0. The molecule has 98 valence electrons. The van der Waals surface area contributed by atoms with Gasteiger partial charge in [-0.05, 0) is 12.5 Å². The highest BCUT2D eigenvalue weighted by Crippen LogP contribution is 2.27. The van der Waals surface area contributed by atoms with E-state index in [-0.39, 0.29) is 0 Å². The van der Waals surface area contributed by atoms with Crippen molar-refractivity contribution in [2.75, 3.05) is 0 Å². The first-order valence-electron chi connectivity index (χ1n) is 6.81. The van der Waals surface area contributed by atoms with Crippen molar-refractivity contribution in [3.8, 4) is 0 Å². The molecule has 3 aromatic rings. The molecule has 0 amide bonds. The minimum Gasteiger partial charge on any atom is -0.618 e. The molecule has 0 unspecified atom stereocenters. The second-order valence-electron chi connectivity index (χ2n) is 5.07. The Labute approximate surface area is 112 Å². The van der Waals surface area contributed by atoms with Crippen molar-refractivity contribution in [2.45, 2.75) is 26.2 Å². The van der Waals surface area contributed by atoms with E-state index in [0.717, 1.165) is 46.0 Å². The van der Waals surface area contributed by atoms with E-state index in [9.17, 15) is 5.21 Å². The van der Waals surface area contributed by atoms with E-state index in [1.165, 1.54) is 5.52 Å². The first-order chi connectivity index (χ1) is 9.22. The highest BCUT2D eigenvalue weighted by molar-refractivity contribution is 6.07. The van der Waals surface area contributed by atoms with Crippen molar-refractivity contribution in [3.05, 3.63) is 47.4 Å². The lowest BCUT2D eigenvalue weighted by atomic mass is 10.1. The van der Waals surface area contributed by atoms with Gasteiger partial charge in [0, 0.05) is 30.4 Å². The summed E-state index contributed by atoms with van der Waals surface area (Å²) in [5, 5.41) is 14.3. The van der Waals surface area contributed by atoms with E-state index < -0.39 is 0 Å². The zero-order chi connectivity index (χ0) is 13.4. The third-order valence-corrected chi connectivity index (χ3v) is 3.81. The maximum Gasteiger partial charge on any atom is 0.194 e. The van der Waals surface area contributed by atoms with Crippen LogP contribution in [0.5, 0.6) is 0 Å². The topological polar surface area (TPSA) is 31.9 Å². The first-order valence-corrected chi connectivity index (χ1v) is 6.81. The van der Waals surface area contributed by atoms with Crippen molar-refractivity contribution in [2.24, 2.45) is 7.05 Å². The standard InChI is InChI=1S/C16H18N2O/c1-3-4-7-12-10-16-14(11-18(12)19)13-8-5-6-9-15(13)17(16)2/h5-6,8-11H,3-4,7H2,1-2H3. The number of hydrogen-bond donors (Lipinski definition) is 0. The summed E-state index contributed by atoms with van der Waals surface area (Å²) in [5.74, 6) is 0. The first kappa shape index (κ1) is 12.0. The van der Waals surface area contributed by atoms with Crippen molar-refractivity contribution < 1.29 is 4.73 Å². The summed E-state index contributed by atoms with van der Waals surface area (Å²) in [6, 6.07) is 10.3. The largest absolute Gasteiger partial charge is 0.618 e. The van der Waals surface area contributed by atoms with Crippen LogP contribution < -0.4 is 4.73 Å². The van der Waals surface area contributed by atoms with Crippen LogP contribution >= 0.6 is 0 Å². The maximum absolute atomic E-state index is 12.1. The van der Waals surface area contributed by atoms with Gasteiger partial charge in [-0.25, -0.2) is 0 Å². The van der Waals surface area contributed by atoms with E-state index in [1.54, 1.807) is 6.20 Å². The normalized spacial score (nSPS) is 11.5. The molecular formula is C16H18N2O. The molecule has 19 heavy (non-hydrogen) atoms. The summed E-state index contributed by atoms with van der Waals surface area (Å²) < 4.78 is 3.20. The van der Waals surface area contributed by atoms with Gasteiger partial charge >= 0.3 is 0 Å². The highest BCUT2D eigenvalue weighted by Gasteiger charge is 2.14. The molecule has 2 aromatic heterocycles. The number of benzene rings is 1. The molecule has 1 aromatic carbocycles. The van der Waals surface area contributed by atoms with Gasteiger partial charge in [-0.2, -0.15) is 4.73 Å². The average molecular weight is 254 g/mol. The molecule has 3 heteroatoms. The third kappa shape index (κ3) is 1.86. The van der Waals surface area contributed by atoms with Gasteiger partial charge in [-0.1, -0.05) is 31.5 Å². The average Bonchev–Trinajstić information content (AvgIpc) is 2.70. The van der Waals surface area contributed by atoms with E-state index in [0.29, 0.717) is 0 Å². The van der Waals surface area contributed by atoms with E-state index in [1.807, 2.05) is 18.2 Å². The zero-order valence-corrected chi connectivity index (χ0v) is 11.4. The molecule has 3 nitrogen and oxygen atoms in total. The van der Waals surface area contributed by atoms with Gasteiger partial charge in [0.1, 0.15) is 0 Å². The second-order valence-corrected chi connectivity index (χ2v) is 5.07. The van der Waals surface area contributed by atoms with E-state index in [4.69, 9.17) is 0 Å². The molecule has 0 N–H and O–H groups in total. The molecule has 2 heterocycles. The number of para-hydroxylation sites is 1. The van der Waals surface area contributed by atoms with Crippen molar-refractivity contribution in [3.63, 3.8) is 0 Å². The monoisotopic (exact) mass is 254 g/mol. The molecule has 0 aliphatic carbocycles. The SMILES string of the molecule is CCCCc1cc2c(c[n+]1[O-])c1ccccc1n2C. The van der Waals surface area contributed by atoms with Gasteiger partial charge < -0.3 is 9.77 Å². The van der Waals surface area contributed by atoms with Crippen LogP contribution in [-0.4, -0.2) is 4.57 Å². The molecule has 0 radical (unpaired) electrons. The van der Waals surface area contributed by atoms with Crippen LogP contribution in [0.3, 0.4) is 0 Å². The molecule has 0 bridgehead atoms. The Kier molecular flexibility index (Phi) is 2.90. The van der Waals surface area contributed by atoms with E-state index in [2.05, 4.69) is 30.7 Å². The number of unbranched alkanes of at least 4 members (excludes halogenated alkanes) is 1. The number of aryl methyl sites for hydroxylation is 2. The molecule has 0 atom stereocenters. The Balaban J connectivity index is 2.28. The van der Waals surface area contributed by atoms with E-state index >= 15 is 0 Å². The number of rotatable bonds is 3. The van der Waals surface area contributed by atoms with Crippen LogP contribution in [0.25, 0.3) is 21.8 Å². The van der Waals surface area contributed by atoms with Crippen LogP contribution in [0.15, 0.2) is 36.5 Å². The van der Waals surface area contributed by atoms with Crippen molar-refractivity contribution >= 4 is 21.8 Å². The second kappa shape index (κ2) is 4.57. The number of nitrogens with zero attached hydrogens (tertiary/aromatic N) is 2. The summed E-state index contributed by atoms with van der Waals surface area (Å²) in [5.41, 5.74) is 3.17. The van der Waals surface area contributed by atoms with Crippen molar-refractivity contribution in [1.29, 1.82) is 0 Å². The van der Waals surface area contributed by atoms with Gasteiger partial charge in [0.25, 0.3) is 0 Å². The Hall–Kier alpha value is -2.03. The number of aromatic nitrogens is 2. The predicted octanol–water partition coefficient (Wildman–Crippen LogP) is 3.31. The minimum absolute atomic E-state index is 0.845. The summed E-state index contributed by atoms with van der Waals surface area (Å²) in [4.78, 5) is 0.